The quantitative estimate of drug-likeness (QED) is 0.467. The third kappa shape index (κ3) is 5.86. The van der Waals surface area contributed by atoms with Crippen molar-refractivity contribution >= 4 is 15.7 Å². The molecular formula is C27H31FN4O4S. The minimum Gasteiger partial charge on any atom is -0.483 e. The Bertz CT molecular complexity index is 1380. The second kappa shape index (κ2) is 11.0. The lowest BCUT2D eigenvalue weighted by molar-refractivity contribution is 0.152. The van der Waals surface area contributed by atoms with Crippen LogP contribution in [0.1, 0.15) is 37.7 Å². The Hall–Kier alpha value is -3.24. The van der Waals surface area contributed by atoms with E-state index in [0.29, 0.717) is 37.6 Å². The monoisotopic (exact) mass is 526 g/mol. The van der Waals surface area contributed by atoms with E-state index in [2.05, 4.69) is 5.10 Å². The number of rotatable bonds is 7. The first-order valence-corrected chi connectivity index (χ1v) is 14.3. The molecule has 2 heterocycles. The minimum absolute atomic E-state index is 0.0465. The predicted molar refractivity (Wildman–Crippen MR) is 140 cm³/mol. The maximum atomic E-state index is 13.9. The van der Waals surface area contributed by atoms with Crippen LogP contribution in [-0.2, 0) is 15.8 Å². The highest BCUT2D eigenvalue weighted by Crippen LogP contribution is 2.30. The first-order chi connectivity index (χ1) is 17.9. The Morgan fingerprint density at radius 3 is 2.38 bits per heavy atom. The van der Waals surface area contributed by atoms with Crippen LogP contribution >= 0.6 is 0 Å². The summed E-state index contributed by atoms with van der Waals surface area (Å²) in [6.07, 6.45) is 6.46. The van der Waals surface area contributed by atoms with Crippen LogP contribution in [0.2, 0.25) is 0 Å². The zero-order valence-corrected chi connectivity index (χ0v) is 21.4. The third-order valence-corrected chi connectivity index (χ3v) is 8.82. The molecule has 2 aliphatic rings. The first kappa shape index (κ1) is 25.4. The molecule has 0 bridgehead atoms. The summed E-state index contributed by atoms with van der Waals surface area (Å²) in [6.45, 7) is 1.40. The molecule has 1 saturated heterocycles. The van der Waals surface area contributed by atoms with Gasteiger partial charge in [0, 0.05) is 26.2 Å². The van der Waals surface area contributed by atoms with Crippen molar-refractivity contribution in [2.24, 2.45) is 0 Å². The molecule has 2 fully saturated rings. The maximum Gasteiger partial charge on any atom is 0.316 e. The number of benzene rings is 2. The lowest BCUT2D eigenvalue weighted by Gasteiger charge is -2.36. The summed E-state index contributed by atoms with van der Waals surface area (Å²) in [4.78, 5) is 15.5. The molecule has 10 heteroatoms. The Labute approximate surface area is 216 Å². The molecule has 2 aromatic carbocycles. The maximum absolute atomic E-state index is 13.9. The van der Waals surface area contributed by atoms with Gasteiger partial charge in [-0.05, 0) is 49.4 Å². The molecule has 196 valence electrons. The van der Waals surface area contributed by atoms with Crippen molar-refractivity contribution in [3.05, 3.63) is 82.5 Å². The molecule has 0 radical (unpaired) electrons. The van der Waals surface area contributed by atoms with Crippen LogP contribution < -0.4 is 15.2 Å². The van der Waals surface area contributed by atoms with E-state index in [9.17, 15) is 17.6 Å². The molecular weight excluding hydrogens is 495 g/mol. The number of halogens is 1. The van der Waals surface area contributed by atoms with Gasteiger partial charge in [-0.1, -0.05) is 42.8 Å². The SMILES string of the molecule is O=c1c(OC2CCCCC2)c(N2CCN(S(=O)(=O)Cc3ccccc3)CC2)cnn1-c1cccc(F)c1. The standard InChI is InChI=1S/C27H31FN4O4S/c28-22-10-7-11-23(18-22)32-27(33)26(36-24-12-5-2-6-13-24)25(19-29-32)30-14-16-31(17-15-30)37(34,35)20-21-8-3-1-4-9-21/h1,3-4,7-11,18-19,24H,2,5-6,12-17,20H2. The van der Waals surface area contributed by atoms with E-state index in [-0.39, 0.29) is 17.6 Å². The summed E-state index contributed by atoms with van der Waals surface area (Å²) in [6, 6.07) is 14.9. The van der Waals surface area contributed by atoms with Gasteiger partial charge in [0.1, 0.15) is 11.5 Å². The largest absolute Gasteiger partial charge is 0.483 e. The molecule has 1 aromatic heterocycles. The highest BCUT2D eigenvalue weighted by Gasteiger charge is 2.30. The second-order valence-electron chi connectivity index (χ2n) is 9.56. The molecule has 1 aliphatic carbocycles. The van der Waals surface area contributed by atoms with E-state index in [1.54, 1.807) is 12.3 Å². The zero-order chi connectivity index (χ0) is 25.8. The lowest BCUT2D eigenvalue weighted by Crippen LogP contribution is -2.49. The Morgan fingerprint density at radius 1 is 0.946 bits per heavy atom. The van der Waals surface area contributed by atoms with Crippen LogP contribution in [-0.4, -0.2) is 54.8 Å². The number of aromatic nitrogens is 2. The highest BCUT2D eigenvalue weighted by molar-refractivity contribution is 7.88. The summed E-state index contributed by atoms with van der Waals surface area (Å²) < 4.78 is 48.8. The molecule has 0 atom stereocenters. The van der Waals surface area contributed by atoms with Gasteiger partial charge in [0.05, 0.1) is 23.7 Å². The smallest absolute Gasteiger partial charge is 0.316 e. The van der Waals surface area contributed by atoms with Crippen LogP contribution in [0.25, 0.3) is 5.69 Å². The number of piperazine rings is 1. The fourth-order valence-electron chi connectivity index (χ4n) is 4.99. The molecule has 5 rings (SSSR count). The zero-order valence-electron chi connectivity index (χ0n) is 20.6. The lowest BCUT2D eigenvalue weighted by atomic mass is 9.98. The van der Waals surface area contributed by atoms with Gasteiger partial charge in [0.25, 0.3) is 0 Å². The molecule has 1 aliphatic heterocycles. The number of sulfonamides is 1. The fourth-order valence-corrected chi connectivity index (χ4v) is 6.51. The molecule has 37 heavy (non-hydrogen) atoms. The molecule has 3 aromatic rings. The topological polar surface area (TPSA) is 84.7 Å². The van der Waals surface area contributed by atoms with E-state index >= 15 is 0 Å². The van der Waals surface area contributed by atoms with Crippen LogP contribution in [0.3, 0.4) is 0 Å². The van der Waals surface area contributed by atoms with Crippen LogP contribution in [0.15, 0.2) is 65.6 Å². The predicted octanol–water partition coefficient (Wildman–Crippen LogP) is 3.74. The van der Waals surface area contributed by atoms with Crippen molar-refractivity contribution in [3.8, 4) is 11.4 Å². The average molecular weight is 527 g/mol. The van der Waals surface area contributed by atoms with Gasteiger partial charge in [0.2, 0.25) is 15.8 Å². The molecule has 0 amide bonds. The van der Waals surface area contributed by atoms with Crippen LogP contribution in [0, 0.1) is 5.82 Å². The van der Waals surface area contributed by atoms with E-state index in [4.69, 9.17) is 4.74 Å². The molecule has 0 N–H and O–H groups in total. The van der Waals surface area contributed by atoms with Crippen molar-refractivity contribution in [2.75, 3.05) is 31.1 Å². The van der Waals surface area contributed by atoms with Gasteiger partial charge in [-0.2, -0.15) is 14.1 Å². The summed E-state index contributed by atoms with van der Waals surface area (Å²) in [7, 11) is -3.47. The number of nitrogens with zero attached hydrogens (tertiary/aromatic N) is 4. The Balaban J connectivity index is 1.39. The van der Waals surface area contributed by atoms with Crippen molar-refractivity contribution in [1.29, 1.82) is 0 Å². The fraction of sp³-hybridized carbons (Fsp3) is 0.407. The third-order valence-electron chi connectivity index (χ3n) is 6.97. The van der Waals surface area contributed by atoms with Crippen LogP contribution in [0.4, 0.5) is 10.1 Å². The number of hydrogen-bond donors (Lipinski definition) is 0. The van der Waals surface area contributed by atoms with Crippen molar-refractivity contribution in [1.82, 2.24) is 14.1 Å². The van der Waals surface area contributed by atoms with Gasteiger partial charge in [-0.25, -0.2) is 12.8 Å². The summed E-state index contributed by atoms with van der Waals surface area (Å²) in [5.41, 5.74) is 1.16. The molecule has 0 unspecified atom stereocenters. The van der Waals surface area contributed by atoms with Gasteiger partial charge >= 0.3 is 5.56 Å². The number of hydrogen-bond acceptors (Lipinski definition) is 6. The minimum atomic E-state index is -3.47. The van der Waals surface area contributed by atoms with Crippen LogP contribution in [0.5, 0.6) is 5.75 Å². The summed E-state index contributed by atoms with van der Waals surface area (Å²) in [5.74, 6) is -0.320. The Morgan fingerprint density at radius 2 is 1.68 bits per heavy atom. The van der Waals surface area contributed by atoms with Gasteiger partial charge in [0.15, 0.2) is 0 Å². The van der Waals surface area contributed by atoms with E-state index in [1.165, 1.54) is 22.5 Å². The number of anilines is 1. The summed E-state index contributed by atoms with van der Waals surface area (Å²) >= 11 is 0. The number of ether oxygens (including phenoxy) is 1. The van der Waals surface area contributed by atoms with Crippen molar-refractivity contribution in [3.63, 3.8) is 0 Å². The summed E-state index contributed by atoms with van der Waals surface area (Å²) in [5, 5.41) is 4.33. The normalized spacial score (nSPS) is 17.6. The first-order valence-electron chi connectivity index (χ1n) is 12.7. The van der Waals surface area contributed by atoms with Crippen molar-refractivity contribution < 1.29 is 17.5 Å². The van der Waals surface area contributed by atoms with Crippen molar-refractivity contribution in [2.45, 2.75) is 44.0 Å². The second-order valence-corrected chi connectivity index (χ2v) is 11.5. The molecule has 8 nitrogen and oxygen atoms in total. The Kier molecular flexibility index (Phi) is 7.57. The van der Waals surface area contributed by atoms with Gasteiger partial charge in [-0.3, -0.25) is 4.79 Å². The van der Waals surface area contributed by atoms with Gasteiger partial charge in [-0.15, -0.1) is 0 Å². The van der Waals surface area contributed by atoms with E-state index in [0.717, 1.165) is 42.3 Å². The van der Waals surface area contributed by atoms with E-state index < -0.39 is 21.4 Å². The molecule has 1 saturated carbocycles. The average Bonchev–Trinajstić information content (AvgIpc) is 2.91. The van der Waals surface area contributed by atoms with Gasteiger partial charge < -0.3 is 9.64 Å². The highest BCUT2D eigenvalue weighted by atomic mass is 32.2. The molecule has 0 spiro atoms. The van der Waals surface area contributed by atoms with E-state index in [1.807, 2.05) is 35.2 Å².